The lowest BCUT2D eigenvalue weighted by atomic mass is 9.83. The van der Waals surface area contributed by atoms with Crippen LogP contribution in [0.4, 0.5) is 0 Å². The molecular formula is C19H17NO3. The Morgan fingerprint density at radius 2 is 1.74 bits per heavy atom. The monoisotopic (exact) mass is 307 g/mol. The zero-order valence-electron chi connectivity index (χ0n) is 13.1. The summed E-state index contributed by atoms with van der Waals surface area (Å²) >= 11 is 0. The second-order valence-electron chi connectivity index (χ2n) is 5.50. The van der Waals surface area contributed by atoms with Gasteiger partial charge in [-0.1, -0.05) is 48.5 Å². The molecule has 0 spiro atoms. The molecule has 0 aromatic heterocycles. The second kappa shape index (κ2) is 6.89. The van der Waals surface area contributed by atoms with Crippen molar-refractivity contribution in [2.75, 3.05) is 6.61 Å². The normalized spacial score (nSPS) is 12.7. The van der Waals surface area contributed by atoms with E-state index in [1.165, 1.54) is 6.92 Å². The van der Waals surface area contributed by atoms with Gasteiger partial charge in [0.25, 0.3) is 0 Å². The summed E-state index contributed by atoms with van der Waals surface area (Å²) < 4.78 is 4.99. The van der Waals surface area contributed by atoms with Crippen LogP contribution in [-0.4, -0.2) is 18.4 Å². The average Bonchev–Trinajstić information content (AvgIpc) is 2.60. The van der Waals surface area contributed by atoms with Gasteiger partial charge >= 0.3 is 5.97 Å². The van der Waals surface area contributed by atoms with Gasteiger partial charge in [-0.3, -0.25) is 9.59 Å². The SMILES string of the molecule is CC(=O)OCC(C)(C#N)c1cccc(C(=O)c2ccccc2)c1. The number of rotatable bonds is 5. The van der Waals surface area contributed by atoms with E-state index in [9.17, 15) is 14.9 Å². The number of carbonyl (C=O) groups is 2. The molecule has 116 valence electrons. The molecule has 1 atom stereocenters. The van der Waals surface area contributed by atoms with Crippen molar-refractivity contribution in [1.29, 1.82) is 5.26 Å². The fourth-order valence-electron chi connectivity index (χ4n) is 2.19. The number of hydrogen-bond acceptors (Lipinski definition) is 4. The number of benzene rings is 2. The van der Waals surface area contributed by atoms with Gasteiger partial charge in [-0.2, -0.15) is 5.26 Å². The van der Waals surface area contributed by atoms with E-state index in [1.54, 1.807) is 55.5 Å². The Bertz CT molecular complexity index is 762. The Hall–Kier alpha value is -2.93. The van der Waals surface area contributed by atoms with Crippen LogP contribution in [0.2, 0.25) is 0 Å². The Labute approximate surface area is 135 Å². The fourth-order valence-corrected chi connectivity index (χ4v) is 2.19. The summed E-state index contributed by atoms with van der Waals surface area (Å²) in [6.45, 7) is 2.93. The number of nitrogens with zero attached hydrogens (tertiary/aromatic N) is 1. The third-order valence-corrected chi connectivity index (χ3v) is 3.61. The van der Waals surface area contributed by atoms with Gasteiger partial charge in [-0.05, 0) is 18.6 Å². The van der Waals surface area contributed by atoms with Crippen molar-refractivity contribution >= 4 is 11.8 Å². The molecule has 0 aliphatic rings. The van der Waals surface area contributed by atoms with Gasteiger partial charge in [0.2, 0.25) is 0 Å². The van der Waals surface area contributed by atoms with Gasteiger partial charge in [-0.25, -0.2) is 0 Å². The molecule has 2 aromatic rings. The number of ketones is 1. The van der Waals surface area contributed by atoms with Crippen LogP contribution >= 0.6 is 0 Å². The van der Waals surface area contributed by atoms with E-state index in [-0.39, 0.29) is 12.4 Å². The Balaban J connectivity index is 2.34. The number of carbonyl (C=O) groups excluding carboxylic acids is 2. The quantitative estimate of drug-likeness (QED) is 0.628. The second-order valence-corrected chi connectivity index (χ2v) is 5.50. The summed E-state index contributed by atoms with van der Waals surface area (Å²) in [6, 6.07) is 18.0. The summed E-state index contributed by atoms with van der Waals surface area (Å²) in [5.41, 5.74) is 0.725. The van der Waals surface area contributed by atoms with Crippen LogP contribution in [0.3, 0.4) is 0 Å². The number of nitriles is 1. The third kappa shape index (κ3) is 3.83. The molecule has 1 unspecified atom stereocenters. The molecular weight excluding hydrogens is 290 g/mol. The van der Waals surface area contributed by atoms with Crippen LogP contribution in [-0.2, 0) is 14.9 Å². The van der Waals surface area contributed by atoms with E-state index in [0.29, 0.717) is 16.7 Å². The Kier molecular flexibility index (Phi) is 4.92. The highest BCUT2D eigenvalue weighted by Crippen LogP contribution is 2.25. The standard InChI is InChI=1S/C19H17NO3/c1-14(21)23-13-19(2,12-20)17-10-6-9-16(11-17)18(22)15-7-4-3-5-8-15/h3-11H,13H2,1-2H3. The van der Waals surface area contributed by atoms with Crippen molar-refractivity contribution in [1.82, 2.24) is 0 Å². The van der Waals surface area contributed by atoms with E-state index < -0.39 is 11.4 Å². The largest absolute Gasteiger partial charge is 0.464 e. The predicted molar refractivity (Wildman–Crippen MR) is 85.9 cm³/mol. The Morgan fingerprint density at radius 3 is 2.35 bits per heavy atom. The molecule has 0 bridgehead atoms. The molecule has 2 rings (SSSR count). The van der Waals surface area contributed by atoms with Crippen LogP contribution in [0, 0.1) is 11.3 Å². The summed E-state index contributed by atoms with van der Waals surface area (Å²) in [5.74, 6) is -0.553. The number of hydrogen-bond donors (Lipinski definition) is 0. The van der Waals surface area contributed by atoms with Gasteiger partial charge < -0.3 is 4.74 Å². The third-order valence-electron chi connectivity index (χ3n) is 3.61. The summed E-state index contributed by atoms with van der Waals surface area (Å²) in [5, 5.41) is 9.47. The molecule has 0 N–H and O–H groups in total. The minimum Gasteiger partial charge on any atom is -0.464 e. The topological polar surface area (TPSA) is 67.2 Å². The number of ether oxygens (including phenoxy) is 1. The van der Waals surface area contributed by atoms with Crippen LogP contribution in [0.15, 0.2) is 54.6 Å². The van der Waals surface area contributed by atoms with Crippen molar-refractivity contribution in [2.45, 2.75) is 19.3 Å². The predicted octanol–water partition coefficient (Wildman–Crippen LogP) is 3.26. The van der Waals surface area contributed by atoms with Crippen LogP contribution in [0.1, 0.15) is 35.3 Å². The summed E-state index contributed by atoms with van der Waals surface area (Å²) in [6.07, 6.45) is 0. The zero-order chi connectivity index (χ0) is 16.9. The molecule has 0 heterocycles. The van der Waals surface area contributed by atoms with Crippen LogP contribution in [0.5, 0.6) is 0 Å². The minimum atomic E-state index is -1.00. The highest BCUT2D eigenvalue weighted by Gasteiger charge is 2.29. The maximum atomic E-state index is 12.5. The molecule has 0 aliphatic carbocycles. The molecule has 0 radical (unpaired) electrons. The lowest BCUT2D eigenvalue weighted by molar-refractivity contribution is -0.142. The molecule has 0 saturated heterocycles. The lowest BCUT2D eigenvalue weighted by Crippen LogP contribution is -2.28. The Morgan fingerprint density at radius 1 is 1.09 bits per heavy atom. The van der Waals surface area contributed by atoms with Crippen molar-refractivity contribution < 1.29 is 14.3 Å². The maximum absolute atomic E-state index is 12.5. The van der Waals surface area contributed by atoms with E-state index in [1.807, 2.05) is 6.07 Å². The van der Waals surface area contributed by atoms with Crippen LogP contribution < -0.4 is 0 Å². The van der Waals surface area contributed by atoms with Gasteiger partial charge in [0.05, 0.1) is 6.07 Å². The van der Waals surface area contributed by atoms with Gasteiger partial charge in [0.15, 0.2) is 5.78 Å². The van der Waals surface area contributed by atoms with E-state index in [4.69, 9.17) is 4.74 Å². The first kappa shape index (κ1) is 16.4. The first-order valence-electron chi connectivity index (χ1n) is 7.21. The highest BCUT2D eigenvalue weighted by atomic mass is 16.5. The van der Waals surface area contributed by atoms with Gasteiger partial charge in [0, 0.05) is 18.1 Å². The number of esters is 1. The molecule has 2 aromatic carbocycles. The molecule has 0 aliphatic heterocycles. The van der Waals surface area contributed by atoms with E-state index in [2.05, 4.69) is 6.07 Å². The molecule has 0 fully saturated rings. The average molecular weight is 307 g/mol. The first-order chi connectivity index (χ1) is 11.0. The first-order valence-corrected chi connectivity index (χ1v) is 7.21. The van der Waals surface area contributed by atoms with Crippen molar-refractivity contribution in [3.05, 3.63) is 71.3 Å². The molecule has 0 amide bonds. The summed E-state index contributed by atoms with van der Waals surface area (Å²) in [7, 11) is 0. The van der Waals surface area contributed by atoms with Gasteiger partial charge in [-0.15, -0.1) is 0 Å². The zero-order valence-corrected chi connectivity index (χ0v) is 13.1. The molecule has 4 nitrogen and oxygen atoms in total. The summed E-state index contributed by atoms with van der Waals surface area (Å²) in [4.78, 5) is 23.5. The van der Waals surface area contributed by atoms with Crippen molar-refractivity contribution in [2.24, 2.45) is 0 Å². The van der Waals surface area contributed by atoms with Crippen molar-refractivity contribution in [3.8, 4) is 6.07 Å². The van der Waals surface area contributed by atoms with Gasteiger partial charge in [0.1, 0.15) is 12.0 Å². The smallest absolute Gasteiger partial charge is 0.302 e. The molecule has 23 heavy (non-hydrogen) atoms. The van der Waals surface area contributed by atoms with Crippen molar-refractivity contribution in [3.63, 3.8) is 0 Å². The van der Waals surface area contributed by atoms with E-state index >= 15 is 0 Å². The highest BCUT2D eigenvalue weighted by molar-refractivity contribution is 6.09. The van der Waals surface area contributed by atoms with Crippen LogP contribution in [0.25, 0.3) is 0 Å². The van der Waals surface area contributed by atoms with E-state index in [0.717, 1.165) is 0 Å². The minimum absolute atomic E-state index is 0.0538. The fraction of sp³-hybridized carbons (Fsp3) is 0.211. The molecule has 4 heteroatoms. The maximum Gasteiger partial charge on any atom is 0.302 e. The lowest BCUT2D eigenvalue weighted by Gasteiger charge is -2.22. The molecule has 0 saturated carbocycles.